The number of hydrogen-bond donors (Lipinski definition) is 0. The Morgan fingerprint density at radius 3 is 2.30 bits per heavy atom. The smallest absolute Gasteiger partial charge is 0.267 e. The molecule has 0 aliphatic carbocycles. The van der Waals surface area contributed by atoms with Crippen LogP contribution in [0.2, 0.25) is 0 Å². The zero-order chi connectivity index (χ0) is 30.2. The largest absolute Gasteiger partial charge is 0.494 e. The Balaban J connectivity index is 1.51. The van der Waals surface area contributed by atoms with Crippen LogP contribution in [0.15, 0.2) is 102 Å². The fraction of sp³-hybridized carbons (Fsp3) is 0.257. The van der Waals surface area contributed by atoms with Gasteiger partial charge in [0.1, 0.15) is 11.6 Å². The molecule has 3 aromatic carbocycles. The lowest BCUT2D eigenvalue weighted by molar-refractivity contribution is -0.133. The minimum absolute atomic E-state index is 0.0896. The van der Waals surface area contributed by atoms with E-state index in [0.717, 1.165) is 16.7 Å². The Morgan fingerprint density at radius 2 is 1.60 bits per heavy atom. The van der Waals surface area contributed by atoms with Crippen molar-refractivity contribution in [1.29, 1.82) is 0 Å². The van der Waals surface area contributed by atoms with E-state index >= 15 is 0 Å². The summed E-state index contributed by atoms with van der Waals surface area (Å²) in [5.41, 5.74) is 3.82. The highest BCUT2D eigenvalue weighted by Gasteiger charge is 2.27. The monoisotopic (exact) mass is 576 g/mol. The number of nitrogens with zero attached hydrogens (tertiary/aromatic N) is 4. The SMILES string of the molecule is CCOCCN(C(=O)Cc1ccc(-c2ccccc2)cc1)C(C)c1nc2ncccc2c(=O)n1-c1ccc(OCC)cc1. The number of aromatic nitrogens is 3. The number of carbonyl (C=O) groups excluding carboxylic acids is 1. The summed E-state index contributed by atoms with van der Waals surface area (Å²) < 4.78 is 12.8. The van der Waals surface area contributed by atoms with Crippen LogP contribution in [-0.2, 0) is 16.0 Å². The maximum atomic E-state index is 13.9. The van der Waals surface area contributed by atoms with Crippen molar-refractivity contribution in [1.82, 2.24) is 19.4 Å². The third kappa shape index (κ3) is 6.81. The van der Waals surface area contributed by atoms with Crippen molar-refractivity contribution >= 4 is 16.9 Å². The van der Waals surface area contributed by atoms with E-state index in [4.69, 9.17) is 14.5 Å². The van der Waals surface area contributed by atoms with E-state index in [1.54, 1.807) is 27.8 Å². The van der Waals surface area contributed by atoms with E-state index in [2.05, 4.69) is 17.1 Å². The number of pyridine rings is 1. The molecule has 1 amide bonds. The first-order valence-corrected chi connectivity index (χ1v) is 14.6. The predicted molar refractivity (Wildman–Crippen MR) is 169 cm³/mol. The maximum absolute atomic E-state index is 13.9. The summed E-state index contributed by atoms with van der Waals surface area (Å²) in [7, 11) is 0. The van der Waals surface area contributed by atoms with E-state index in [1.807, 2.05) is 87.5 Å². The Bertz CT molecular complexity index is 1720. The number of fused-ring (bicyclic) bond motifs is 1. The standard InChI is InChI=1S/C35H36N4O4/c1-4-42-23-22-38(32(40)24-26-13-15-28(16-14-26)27-10-7-6-8-11-27)25(3)34-37-33-31(12-9-21-36-33)35(41)39(34)29-17-19-30(20-18-29)43-5-2/h6-21,25H,4-5,22-24H2,1-3H3. The second-order valence-electron chi connectivity index (χ2n) is 10.1. The molecule has 0 radical (unpaired) electrons. The lowest BCUT2D eigenvalue weighted by Crippen LogP contribution is -2.40. The summed E-state index contributed by atoms with van der Waals surface area (Å²) >= 11 is 0. The number of carbonyl (C=O) groups is 1. The number of hydrogen-bond acceptors (Lipinski definition) is 6. The van der Waals surface area contributed by atoms with E-state index < -0.39 is 6.04 Å². The van der Waals surface area contributed by atoms with Crippen molar-refractivity contribution in [2.75, 3.05) is 26.4 Å². The Morgan fingerprint density at radius 1 is 0.884 bits per heavy atom. The normalized spacial score (nSPS) is 11.8. The van der Waals surface area contributed by atoms with Crippen LogP contribution in [0.3, 0.4) is 0 Å². The lowest BCUT2D eigenvalue weighted by atomic mass is 10.0. The average molecular weight is 577 g/mol. The molecule has 8 nitrogen and oxygen atoms in total. The maximum Gasteiger partial charge on any atom is 0.267 e. The summed E-state index contributed by atoms with van der Waals surface area (Å²) in [6.07, 6.45) is 1.81. The summed E-state index contributed by atoms with van der Waals surface area (Å²) in [5.74, 6) is 1.04. The molecule has 220 valence electrons. The predicted octanol–water partition coefficient (Wildman–Crippen LogP) is 6.02. The van der Waals surface area contributed by atoms with Crippen molar-refractivity contribution in [3.05, 3.63) is 119 Å². The second kappa shape index (κ2) is 13.9. The first-order valence-electron chi connectivity index (χ1n) is 14.6. The quantitative estimate of drug-likeness (QED) is 0.169. The van der Waals surface area contributed by atoms with Crippen molar-refractivity contribution in [3.8, 4) is 22.6 Å². The van der Waals surface area contributed by atoms with Crippen LogP contribution in [0, 0.1) is 0 Å². The van der Waals surface area contributed by atoms with Gasteiger partial charge in [0.05, 0.1) is 36.8 Å². The molecule has 0 saturated carbocycles. The van der Waals surface area contributed by atoms with Gasteiger partial charge in [0.15, 0.2) is 5.65 Å². The zero-order valence-electron chi connectivity index (χ0n) is 24.8. The van der Waals surface area contributed by atoms with E-state index in [9.17, 15) is 9.59 Å². The second-order valence-corrected chi connectivity index (χ2v) is 10.1. The molecule has 5 aromatic rings. The molecule has 0 aliphatic rings. The van der Waals surface area contributed by atoms with Crippen LogP contribution >= 0.6 is 0 Å². The molecule has 5 rings (SSSR count). The molecule has 2 heterocycles. The molecule has 43 heavy (non-hydrogen) atoms. The zero-order valence-corrected chi connectivity index (χ0v) is 24.8. The van der Waals surface area contributed by atoms with Crippen molar-refractivity contribution in [3.63, 3.8) is 0 Å². The number of benzene rings is 3. The van der Waals surface area contributed by atoms with Crippen LogP contribution in [0.4, 0.5) is 0 Å². The third-order valence-electron chi connectivity index (χ3n) is 7.33. The van der Waals surface area contributed by atoms with Gasteiger partial charge in [-0.15, -0.1) is 0 Å². The molecule has 0 spiro atoms. The molecule has 1 atom stereocenters. The number of amides is 1. The molecule has 0 fully saturated rings. The van der Waals surface area contributed by atoms with E-state index in [1.165, 1.54) is 0 Å². The van der Waals surface area contributed by atoms with Gasteiger partial charge in [0.25, 0.3) is 5.56 Å². The van der Waals surface area contributed by atoms with Crippen LogP contribution in [0.5, 0.6) is 5.75 Å². The van der Waals surface area contributed by atoms with Crippen LogP contribution in [0.25, 0.3) is 27.8 Å². The fourth-order valence-electron chi connectivity index (χ4n) is 5.13. The number of ether oxygens (including phenoxy) is 2. The molecule has 0 aliphatic heterocycles. The topological polar surface area (TPSA) is 86.5 Å². The lowest BCUT2D eigenvalue weighted by Gasteiger charge is -2.30. The third-order valence-corrected chi connectivity index (χ3v) is 7.33. The van der Waals surface area contributed by atoms with E-state index in [0.29, 0.717) is 54.7 Å². The van der Waals surface area contributed by atoms with Gasteiger partial charge >= 0.3 is 0 Å². The summed E-state index contributed by atoms with van der Waals surface area (Å²) in [4.78, 5) is 38.7. The average Bonchev–Trinajstić information content (AvgIpc) is 3.04. The minimum atomic E-state index is -0.553. The van der Waals surface area contributed by atoms with Crippen LogP contribution < -0.4 is 10.3 Å². The summed E-state index contributed by atoms with van der Waals surface area (Å²) in [6, 6.07) is 28.4. The van der Waals surface area contributed by atoms with Crippen LogP contribution in [-0.4, -0.2) is 51.7 Å². The molecule has 0 bridgehead atoms. The minimum Gasteiger partial charge on any atom is -0.494 e. The van der Waals surface area contributed by atoms with Gasteiger partial charge in [-0.1, -0.05) is 54.6 Å². The molecule has 0 saturated heterocycles. The highest BCUT2D eigenvalue weighted by atomic mass is 16.5. The summed E-state index contributed by atoms with van der Waals surface area (Å²) in [5, 5.41) is 0.401. The Hall–Kier alpha value is -4.82. The molecule has 1 unspecified atom stereocenters. The van der Waals surface area contributed by atoms with Gasteiger partial charge in [0, 0.05) is 19.3 Å². The van der Waals surface area contributed by atoms with Gasteiger partial charge in [0.2, 0.25) is 5.91 Å². The molecule has 8 heteroatoms. The van der Waals surface area contributed by atoms with Crippen molar-refractivity contribution < 1.29 is 14.3 Å². The van der Waals surface area contributed by atoms with Gasteiger partial charge in [-0.2, -0.15) is 0 Å². The first-order chi connectivity index (χ1) is 21.0. The van der Waals surface area contributed by atoms with Crippen LogP contribution in [0.1, 0.15) is 38.2 Å². The van der Waals surface area contributed by atoms with Gasteiger partial charge in [-0.05, 0) is 73.9 Å². The molecule has 0 N–H and O–H groups in total. The highest BCUT2D eigenvalue weighted by Crippen LogP contribution is 2.25. The van der Waals surface area contributed by atoms with Gasteiger partial charge < -0.3 is 14.4 Å². The molecule has 2 aromatic heterocycles. The summed E-state index contributed by atoms with van der Waals surface area (Å²) in [6.45, 7) is 7.51. The van der Waals surface area contributed by atoms with Crippen molar-refractivity contribution in [2.45, 2.75) is 33.2 Å². The van der Waals surface area contributed by atoms with Gasteiger partial charge in [-0.25, -0.2) is 9.97 Å². The fourth-order valence-corrected chi connectivity index (χ4v) is 5.13. The van der Waals surface area contributed by atoms with Crippen molar-refractivity contribution in [2.24, 2.45) is 0 Å². The first kappa shape index (κ1) is 29.7. The Kier molecular flexibility index (Phi) is 9.59. The molecular formula is C35H36N4O4. The highest BCUT2D eigenvalue weighted by molar-refractivity contribution is 5.80. The number of rotatable bonds is 12. The van der Waals surface area contributed by atoms with E-state index in [-0.39, 0.29) is 17.9 Å². The van der Waals surface area contributed by atoms with Gasteiger partial charge in [-0.3, -0.25) is 14.2 Å². The molecular weight excluding hydrogens is 540 g/mol. The Labute approximate surface area is 251 Å².